The average molecular weight is 249 g/mol. The molecule has 3 heteroatoms. The largest absolute Gasteiger partial charge is 0.388 e. The summed E-state index contributed by atoms with van der Waals surface area (Å²) in [5.74, 6) is 0. The highest BCUT2D eigenvalue weighted by molar-refractivity contribution is 5.50. The number of methoxy groups -OCH3 is 1. The van der Waals surface area contributed by atoms with Gasteiger partial charge in [0.1, 0.15) is 0 Å². The number of aliphatic hydroxyl groups excluding tert-OH is 1. The third kappa shape index (κ3) is 3.24. The molecule has 0 bridgehead atoms. The van der Waals surface area contributed by atoms with E-state index in [1.807, 2.05) is 19.1 Å². The molecule has 0 spiro atoms. The topological polar surface area (TPSA) is 32.7 Å². The zero-order valence-electron chi connectivity index (χ0n) is 11.3. The number of hydrogen-bond acceptors (Lipinski definition) is 3. The first-order valence-corrected chi connectivity index (χ1v) is 6.80. The maximum absolute atomic E-state index is 9.79. The van der Waals surface area contributed by atoms with Crippen LogP contribution >= 0.6 is 0 Å². The van der Waals surface area contributed by atoms with Gasteiger partial charge in [-0.15, -0.1) is 0 Å². The second kappa shape index (κ2) is 6.21. The zero-order chi connectivity index (χ0) is 13.0. The molecule has 1 aromatic rings. The molecule has 0 aromatic heterocycles. The molecule has 0 amide bonds. The lowest BCUT2D eigenvalue weighted by Gasteiger charge is -2.24. The summed E-state index contributed by atoms with van der Waals surface area (Å²) in [5.41, 5.74) is 2.24. The van der Waals surface area contributed by atoms with Gasteiger partial charge in [0.2, 0.25) is 0 Å². The van der Waals surface area contributed by atoms with Gasteiger partial charge in [0, 0.05) is 25.4 Å². The molecule has 1 aliphatic rings. The van der Waals surface area contributed by atoms with Crippen LogP contribution in [0.25, 0.3) is 0 Å². The van der Waals surface area contributed by atoms with Crippen LogP contribution in [0.5, 0.6) is 0 Å². The van der Waals surface area contributed by atoms with E-state index < -0.39 is 0 Å². The van der Waals surface area contributed by atoms with Crippen LogP contribution in [0.4, 0.5) is 5.69 Å². The first kappa shape index (κ1) is 13.4. The van der Waals surface area contributed by atoms with Crippen molar-refractivity contribution in [1.29, 1.82) is 0 Å². The number of anilines is 1. The quantitative estimate of drug-likeness (QED) is 0.806. The van der Waals surface area contributed by atoms with Gasteiger partial charge in [-0.3, -0.25) is 0 Å². The van der Waals surface area contributed by atoms with Crippen molar-refractivity contribution in [2.24, 2.45) is 0 Å². The second-order valence-corrected chi connectivity index (χ2v) is 4.93. The highest BCUT2D eigenvalue weighted by atomic mass is 16.5. The molecule has 1 aliphatic carbocycles. The Balaban J connectivity index is 2.05. The van der Waals surface area contributed by atoms with E-state index in [0.29, 0.717) is 6.04 Å². The summed E-state index contributed by atoms with van der Waals surface area (Å²) in [6.07, 6.45) is 2.98. The van der Waals surface area contributed by atoms with Crippen molar-refractivity contribution >= 4 is 5.69 Å². The summed E-state index contributed by atoms with van der Waals surface area (Å²) in [4.78, 5) is 2.41. The number of rotatable bonds is 7. The summed E-state index contributed by atoms with van der Waals surface area (Å²) in [6.45, 7) is 3.69. The van der Waals surface area contributed by atoms with Gasteiger partial charge in [-0.05, 0) is 37.0 Å². The van der Waals surface area contributed by atoms with Crippen LogP contribution in [0.3, 0.4) is 0 Å². The first-order chi connectivity index (χ1) is 8.76. The summed E-state index contributed by atoms with van der Waals surface area (Å²) in [7, 11) is 1.74. The maximum Gasteiger partial charge on any atom is 0.0787 e. The van der Waals surface area contributed by atoms with Crippen LogP contribution < -0.4 is 4.90 Å². The van der Waals surface area contributed by atoms with Gasteiger partial charge in [-0.25, -0.2) is 0 Å². The molecule has 18 heavy (non-hydrogen) atoms. The molecular formula is C15H23NO2. The third-order valence-electron chi connectivity index (χ3n) is 3.52. The molecule has 100 valence electrons. The molecule has 0 saturated heterocycles. The Kier molecular flexibility index (Phi) is 4.61. The number of ether oxygens (including phenoxy) is 1. The van der Waals surface area contributed by atoms with Crippen LogP contribution in [0.1, 0.15) is 37.9 Å². The molecule has 1 N–H and O–H groups in total. The molecule has 3 nitrogen and oxygen atoms in total. The van der Waals surface area contributed by atoms with E-state index in [-0.39, 0.29) is 6.10 Å². The molecule has 0 radical (unpaired) electrons. The van der Waals surface area contributed by atoms with Gasteiger partial charge in [0.05, 0.1) is 12.7 Å². The number of hydrogen-bond donors (Lipinski definition) is 1. The standard InChI is InChI=1S/C15H23NO2/c1-3-15(17)12-4-6-13(7-5-12)16(10-11-18-2)14-8-9-14/h4-7,14-15,17H,3,8-11H2,1-2H3/t15-/m0/s1. The van der Waals surface area contributed by atoms with Crippen LogP contribution in [-0.2, 0) is 4.74 Å². The predicted octanol–water partition coefficient (Wildman–Crippen LogP) is 2.75. The molecule has 0 heterocycles. The average Bonchev–Trinajstić information content (AvgIpc) is 3.24. The highest BCUT2D eigenvalue weighted by Crippen LogP contribution is 2.32. The molecule has 1 aromatic carbocycles. The Morgan fingerprint density at radius 2 is 2.00 bits per heavy atom. The van der Waals surface area contributed by atoms with Crippen molar-refractivity contribution in [1.82, 2.24) is 0 Å². The number of benzene rings is 1. The Morgan fingerprint density at radius 3 is 2.50 bits per heavy atom. The monoisotopic (exact) mass is 249 g/mol. The molecule has 0 aliphatic heterocycles. The van der Waals surface area contributed by atoms with Gasteiger partial charge < -0.3 is 14.7 Å². The predicted molar refractivity (Wildman–Crippen MR) is 73.9 cm³/mol. The van der Waals surface area contributed by atoms with Crippen molar-refractivity contribution in [3.05, 3.63) is 29.8 Å². The fourth-order valence-electron chi connectivity index (χ4n) is 2.22. The van der Waals surface area contributed by atoms with Crippen molar-refractivity contribution in [3.8, 4) is 0 Å². The Bertz CT molecular complexity index is 359. The minimum Gasteiger partial charge on any atom is -0.388 e. The summed E-state index contributed by atoms with van der Waals surface area (Å²) < 4.78 is 5.17. The maximum atomic E-state index is 9.79. The van der Waals surface area contributed by atoms with Crippen molar-refractivity contribution in [3.63, 3.8) is 0 Å². The van der Waals surface area contributed by atoms with E-state index in [4.69, 9.17) is 4.74 Å². The Morgan fingerprint density at radius 1 is 1.33 bits per heavy atom. The summed E-state index contributed by atoms with van der Waals surface area (Å²) in [5, 5.41) is 9.79. The molecule has 1 atom stereocenters. The minimum absolute atomic E-state index is 0.340. The smallest absolute Gasteiger partial charge is 0.0787 e. The normalized spacial score (nSPS) is 16.6. The number of aliphatic hydroxyl groups is 1. The van der Waals surface area contributed by atoms with Crippen molar-refractivity contribution < 1.29 is 9.84 Å². The fraction of sp³-hybridized carbons (Fsp3) is 0.600. The van der Waals surface area contributed by atoms with Gasteiger partial charge >= 0.3 is 0 Å². The SMILES string of the molecule is CC[C@H](O)c1ccc(N(CCOC)C2CC2)cc1. The molecule has 2 rings (SSSR count). The van der Waals surface area contributed by atoms with Crippen molar-refractivity contribution in [2.75, 3.05) is 25.2 Å². The lowest BCUT2D eigenvalue weighted by atomic mass is 10.1. The van der Waals surface area contributed by atoms with E-state index in [2.05, 4.69) is 17.0 Å². The van der Waals surface area contributed by atoms with Crippen LogP contribution in [0.15, 0.2) is 24.3 Å². The van der Waals surface area contributed by atoms with Gasteiger partial charge in [-0.1, -0.05) is 19.1 Å². The summed E-state index contributed by atoms with van der Waals surface area (Å²) in [6, 6.07) is 8.98. The minimum atomic E-state index is -0.340. The second-order valence-electron chi connectivity index (χ2n) is 4.93. The van der Waals surface area contributed by atoms with Crippen LogP contribution in [0.2, 0.25) is 0 Å². The van der Waals surface area contributed by atoms with Crippen LogP contribution in [0, 0.1) is 0 Å². The Labute approximate surface area is 109 Å². The fourth-order valence-corrected chi connectivity index (χ4v) is 2.22. The van der Waals surface area contributed by atoms with Gasteiger partial charge in [0.25, 0.3) is 0 Å². The molecule has 1 saturated carbocycles. The first-order valence-electron chi connectivity index (χ1n) is 6.80. The highest BCUT2D eigenvalue weighted by Gasteiger charge is 2.28. The zero-order valence-corrected chi connectivity index (χ0v) is 11.3. The van der Waals surface area contributed by atoms with E-state index in [1.165, 1.54) is 18.5 Å². The summed E-state index contributed by atoms with van der Waals surface area (Å²) >= 11 is 0. The van der Waals surface area contributed by atoms with E-state index >= 15 is 0 Å². The van der Waals surface area contributed by atoms with E-state index in [9.17, 15) is 5.11 Å². The number of nitrogens with zero attached hydrogens (tertiary/aromatic N) is 1. The molecular weight excluding hydrogens is 226 g/mol. The van der Waals surface area contributed by atoms with Gasteiger partial charge in [-0.2, -0.15) is 0 Å². The van der Waals surface area contributed by atoms with Crippen molar-refractivity contribution in [2.45, 2.75) is 38.3 Å². The molecule has 1 fully saturated rings. The third-order valence-corrected chi connectivity index (χ3v) is 3.52. The molecule has 0 unspecified atom stereocenters. The van der Waals surface area contributed by atoms with Crippen LogP contribution in [-0.4, -0.2) is 31.4 Å². The lowest BCUT2D eigenvalue weighted by molar-refractivity contribution is 0.173. The van der Waals surface area contributed by atoms with E-state index in [1.54, 1.807) is 7.11 Å². The van der Waals surface area contributed by atoms with E-state index in [0.717, 1.165) is 25.1 Å². The lowest BCUT2D eigenvalue weighted by Crippen LogP contribution is -2.29. The van der Waals surface area contributed by atoms with Gasteiger partial charge in [0.15, 0.2) is 0 Å². The Hall–Kier alpha value is -1.06.